The van der Waals surface area contributed by atoms with E-state index < -0.39 is 0 Å². The van der Waals surface area contributed by atoms with E-state index >= 15 is 0 Å². The molecule has 136 valence electrons. The third kappa shape index (κ3) is 3.48. The molecule has 1 fully saturated rings. The van der Waals surface area contributed by atoms with Gasteiger partial charge in [0.2, 0.25) is 0 Å². The van der Waals surface area contributed by atoms with Crippen molar-refractivity contribution < 1.29 is 14.0 Å². The molecule has 0 radical (unpaired) electrons. The first-order valence-electron chi connectivity index (χ1n) is 8.51. The second-order valence-electron chi connectivity index (χ2n) is 6.52. The summed E-state index contributed by atoms with van der Waals surface area (Å²) in [7, 11) is 3.75. The van der Waals surface area contributed by atoms with E-state index in [-0.39, 0.29) is 17.7 Å². The fourth-order valence-electron chi connectivity index (χ4n) is 2.95. The third-order valence-electron chi connectivity index (χ3n) is 4.35. The molecule has 0 spiro atoms. The maximum atomic E-state index is 12.7. The fraction of sp³-hybridized carbons (Fsp3) is 0.143. The predicted molar refractivity (Wildman–Crippen MR) is 108 cm³/mol. The number of carbonyl (C=O) groups excluding carboxylic acids is 2. The van der Waals surface area contributed by atoms with Gasteiger partial charge in [-0.1, -0.05) is 36.4 Å². The van der Waals surface area contributed by atoms with Crippen molar-refractivity contribution in [3.63, 3.8) is 0 Å². The molecule has 2 heterocycles. The lowest BCUT2D eigenvalue weighted by atomic mass is 10.1. The van der Waals surface area contributed by atoms with E-state index in [1.807, 2.05) is 67.5 Å². The summed E-state index contributed by atoms with van der Waals surface area (Å²) in [4.78, 5) is 28.5. The summed E-state index contributed by atoms with van der Waals surface area (Å²) in [5.74, 6) is 0.951. The molecule has 1 aliphatic heterocycles. The van der Waals surface area contributed by atoms with Crippen LogP contribution in [0.25, 0.3) is 16.8 Å². The minimum atomic E-state index is -0.291. The molecule has 1 aliphatic rings. The Kier molecular flexibility index (Phi) is 4.49. The van der Waals surface area contributed by atoms with Gasteiger partial charge in [-0.25, -0.2) is 0 Å². The van der Waals surface area contributed by atoms with Gasteiger partial charge in [-0.3, -0.25) is 14.5 Å². The molecular weight excluding hydrogens is 360 g/mol. The monoisotopic (exact) mass is 378 g/mol. The highest BCUT2D eigenvalue weighted by Gasteiger charge is 2.35. The van der Waals surface area contributed by atoms with E-state index in [1.165, 1.54) is 4.90 Å². The first-order valence-corrected chi connectivity index (χ1v) is 9.33. The van der Waals surface area contributed by atoms with Gasteiger partial charge in [0.25, 0.3) is 11.1 Å². The topological polar surface area (TPSA) is 53.8 Å². The van der Waals surface area contributed by atoms with Gasteiger partial charge in [-0.05, 0) is 40.2 Å². The number of thioether (sulfide) groups is 1. The van der Waals surface area contributed by atoms with Crippen LogP contribution in [0.15, 0.2) is 63.9 Å². The number of anilines is 1. The molecule has 1 saturated heterocycles. The van der Waals surface area contributed by atoms with Crippen LogP contribution in [0.5, 0.6) is 0 Å². The lowest BCUT2D eigenvalue weighted by Crippen LogP contribution is -2.27. The van der Waals surface area contributed by atoms with Crippen molar-refractivity contribution in [1.29, 1.82) is 0 Å². The normalized spacial score (nSPS) is 15.9. The van der Waals surface area contributed by atoms with Crippen LogP contribution in [0.4, 0.5) is 10.7 Å². The molecule has 4 rings (SSSR count). The Bertz CT molecular complexity index is 1070. The first kappa shape index (κ1) is 17.4. The van der Waals surface area contributed by atoms with Crippen LogP contribution in [-0.2, 0) is 11.3 Å². The molecule has 3 aromatic rings. The molecule has 2 amide bonds. The minimum Gasteiger partial charge on any atom is -0.441 e. The SMILES string of the molecule is CN(C)c1ccc(/C=C2\SC(=O)N(Cc3ccc4ccccc4c3)C2=O)o1. The van der Waals surface area contributed by atoms with Gasteiger partial charge in [0.15, 0.2) is 5.88 Å². The van der Waals surface area contributed by atoms with Gasteiger partial charge < -0.3 is 9.32 Å². The number of hydrogen-bond donors (Lipinski definition) is 0. The number of imide groups is 1. The van der Waals surface area contributed by atoms with Gasteiger partial charge in [-0.15, -0.1) is 0 Å². The van der Waals surface area contributed by atoms with E-state index in [9.17, 15) is 9.59 Å². The smallest absolute Gasteiger partial charge is 0.293 e. The second-order valence-corrected chi connectivity index (χ2v) is 7.51. The van der Waals surface area contributed by atoms with Crippen molar-refractivity contribution in [3.05, 3.63) is 70.8 Å². The summed E-state index contributed by atoms with van der Waals surface area (Å²) >= 11 is 0.942. The van der Waals surface area contributed by atoms with Crippen molar-refractivity contribution in [2.45, 2.75) is 6.54 Å². The summed E-state index contributed by atoms with van der Waals surface area (Å²) in [6, 6.07) is 17.6. The van der Waals surface area contributed by atoms with Crippen molar-refractivity contribution in [3.8, 4) is 0 Å². The zero-order valence-electron chi connectivity index (χ0n) is 15.0. The van der Waals surface area contributed by atoms with Crippen LogP contribution in [-0.4, -0.2) is 30.1 Å². The molecule has 0 saturated carbocycles. The van der Waals surface area contributed by atoms with Crippen molar-refractivity contribution in [2.75, 3.05) is 19.0 Å². The Labute approximate surface area is 161 Å². The van der Waals surface area contributed by atoms with Crippen LogP contribution in [0, 0.1) is 0 Å². The molecule has 6 heteroatoms. The van der Waals surface area contributed by atoms with Gasteiger partial charge in [0.1, 0.15) is 5.76 Å². The average Bonchev–Trinajstić information content (AvgIpc) is 3.22. The molecule has 0 unspecified atom stereocenters. The highest BCUT2D eigenvalue weighted by atomic mass is 32.2. The number of amides is 2. The highest BCUT2D eigenvalue weighted by Crippen LogP contribution is 2.34. The number of nitrogens with zero attached hydrogens (tertiary/aromatic N) is 2. The van der Waals surface area contributed by atoms with Crippen LogP contribution in [0.2, 0.25) is 0 Å². The Morgan fingerprint density at radius 3 is 2.56 bits per heavy atom. The summed E-state index contributed by atoms with van der Waals surface area (Å²) in [6.07, 6.45) is 1.62. The summed E-state index contributed by atoms with van der Waals surface area (Å²) < 4.78 is 5.65. The first-order chi connectivity index (χ1) is 13.0. The largest absolute Gasteiger partial charge is 0.441 e. The zero-order valence-corrected chi connectivity index (χ0v) is 15.8. The molecule has 5 nitrogen and oxygen atoms in total. The highest BCUT2D eigenvalue weighted by molar-refractivity contribution is 8.18. The van der Waals surface area contributed by atoms with Crippen LogP contribution < -0.4 is 4.90 Å². The summed E-state index contributed by atoms with van der Waals surface area (Å²) in [6.45, 7) is 0.258. The Hall–Kier alpha value is -2.99. The fourth-order valence-corrected chi connectivity index (χ4v) is 3.76. The number of rotatable bonds is 4. The van der Waals surface area contributed by atoms with Gasteiger partial charge in [0.05, 0.1) is 11.4 Å². The molecule has 27 heavy (non-hydrogen) atoms. The van der Waals surface area contributed by atoms with Crippen LogP contribution >= 0.6 is 11.8 Å². The lowest BCUT2D eigenvalue weighted by Gasteiger charge is -2.13. The van der Waals surface area contributed by atoms with E-state index in [1.54, 1.807) is 12.1 Å². The molecule has 2 aromatic carbocycles. The third-order valence-corrected chi connectivity index (χ3v) is 5.26. The maximum absolute atomic E-state index is 12.7. The van der Waals surface area contributed by atoms with Gasteiger partial charge in [0, 0.05) is 26.2 Å². The molecule has 0 aliphatic carbocycles. The zero-order chi connectivity index (χ0) is 19.0. The van der Waals surface area contributed by atoms with Gasteiger partial charge in [-0.2, -0.15) is 0 Å². The van der Waals surface area contributed by atoms with E-state index in [0.29, 0.717) is 16.5 Å². The Morgan fingerprint density at radius 2 is 1.81 bits per heavy atom. The van der Waals surface area contributed by atoms with E-state index in [2.05, 4.69) is 0 Å². The van der Waals surface area contributed by atoms with Crippen LogP contribution in [0.1, 0.15) is 11.3 Å². The minimum absolute atomic E-state index is 0.258. The molecule has 1 aromatic heterocycles. The predicted octanol–water partition coefficient (Wildman–Crippen LogP) is 4.74. The molecule has 0 atom stereocenters. The number of fused-ring (bicyclic) bond motifs is 1. The maximum Gasteiger partial charge on any atom is 0.293 e. The van der Waals surface area contributed by atoms with E-state index in [4.69, 9.17) is 4.42 Å². The number of carbonyl (C=O) groups is 2. The van der Waals surface area contributed by atoms with Crippen molar-refractivity contribution in [1.82, 2.24) is 4.90 Å². The Morgan fingerprint density at radius 1 is 1.04 bits per heavy atom. The van der Waals surface area contributed by atoms with Crippen molar-refractivity contribution >= 4 is 45.6 Å². The summed E-state index contributed by atoms with van der Waals surface area (Å²) in [5, 5.41) is 1.95. The van der Waals surface area contributed by atoms with Crippen molar-refractivity contribution in [2.24, 2.45) is 0 Å². The lowest BCUT2D eigenvalue weighted by molar-refractivity contribution is -0.123. The number of furan rings is 1. The Balaban J connectivity index is 1.55. The number of benzene rings is 2. The standard InChI is InChI=1S/C21H18N2O3S/c1-22(2)19-10-9-17(26-19)12-18-20(24)23(21(25)27-18)13-14-7-8-15-5-3-4-6-16(15)11-14/h3-12H,13H2,1-2H3/b18-12-. The molecule has 0 N–H and O–H groups in total. The quantitative estimate of drug-likeness (QED) is 0.614. The molecule has 0 bridgehead atoms. The van der Waals surface area contributed by atoms with Gasteiger partial charge >= 0.3 is 0 Å². The second kappa shape index (κ2) is 6.96. The number of hydrogen-bond acceptors (Lipinski definition) is 5. The summed E-state index contributed by atoms with van der Waals surface area (Å²) in [5.41, 5.74) is 0.921. The average molecular weight is 378 g/mol. The molecular formula is C21H18N2O3S. The van der Waals surface area contributed by atoms with Crippen LogP contribution in [0.3, 0.4) is 0 Å². The van der Waals surface area contributed by atoms with E-state index in [0.717, 1.165) is 28.1 Å².